The summed E-state index contributed by atoms with van der Waals surface area (Å²) in [6, 6.07) is 8.66. The van der Waals surface area contributed by atoms with Crippen molar-refractivity contribution >= 4 is 5.96 Å². The molecule has 4 rings (SSSR count). The van der Waals surface area contributed by atoms with Crippen molar-refractivity contribution in [2.24, 2.45) is 4.99 Å². The molecule has 0 fully saturated rings. The molecule has 0 saturated carbocycles. The van der Waals surface area contributed by atoms with Gasteiger partial charge in [0.2, 0.25) is 0 Å². The van der Waals surface area contributed by atoms with Crippen molar-refractivity contribution in [3.63, 3.8) is 0 Å². The Morgan fingerprint density at radius 2 is 2.14 bits per heavy atom. The number of nitrogens with zero attached hydrogens (tertiary/aromatic N) is 4. The zero-order valence-electron chi connectivity index (χ0n) is 17.7. The van der Waals surface area contributed by atoms with E-state index in [4.69, 9.17) is 9.73 Å². The molecule has 0 spiro atoms. The molecule has 2 aliphatic rings. The molecule has 3 heterocycles. The van der Waals surface area contributed by atoms with E-state index in [9.17, 15) is 0 Å². The second kappa shape index (κ2) is 8.84. The lowest BCUT2D eigenvalue weighted by molar-refractivity contribution is 0.269. The summed E-state index contributed by atoms with van der Waals surface area (Å²) in [7, 11) is 0. The fraction of sp³-hybridized carbons (Fsp3) is 0.591. The Labute approximate surface area is 173 Å². The largest absolute Gasteiger partial charge is 0.493 e. The first kappa shape index (κ1) is 19.7. The first-order chi connectivity index (χ1) is 14.2. The maximum absolute atomic E-state index is 5.79. The Kier molecular flexibility index (Phi) is 6.02. The average Bonchev–Trinajstić information content (AvgIpc) is 3.16. The van der Waals surface area contributed by atoms with Crippen molar-refractivity contribution in [3.05, 3.63) is 41.5 Å². The van der Waals surface area contributed by atoms with Crippen LogP contribution in [0.5, 0.6) is 5.75 Å². The van der Waals surface area contributed by atoms with Crippen LogP contribution in [0, 0.1) is 0 Å². The molecule has 0 saturated heterocycles. The van der Waals surface area contributed by atoms with Gasteiger partial charge in [0, 0.05) is 43.9 Å². The fourth-order valence-electron chi connectivity index (χ4n) is 4.21. The van der Waals surface area contributed by atoms with Crippen LogP contribution in [0.15, 0.2) is 29.3 Å². The van der Waals surface area contributed by atoms with Crippen molar-refractivity contribution in [1.29, 1.82) is 0 Å². The number of rotatable bonds is 5. The van der Waals surface area contributed by atoms with Gasteiger partial charge in [0.05, 0.1) is 6.61 Å². The Balaban J connectivity index is 1.44. The highest BCUT2D eigenvalue weighted by Crippen LogP contribution is 2.33. The highest BCUT2D eigenvalue weighted by molar-refractivity contribution is 5.80. The maximum atomic E-state index is 5.79. The Bertz CT molecular complexity index is 859. The number of aliphatic imine (C=N–C) groups is 1. The number of benzene rings is 1. The molecule has 2 aromatic rings. The summed E-state index contributed by atoms with van der Waals surface area (Å²) in [6.45, 7) is 9.71. The lowest BCUT2D eigenvalue weighted by atomic mass is 9.93. The SMILES string of the molecule is CCNC(=NCC1CCOc2ccccc21)NC1CCc2nnc(C(C)C)n2C1. The van der Waals surface area contributed by atoms with Gasteiger partial charge < -0.3 is 19.9 Å². The molecular weight excluding hydrogens is 364 g/mol. The van der Waals surface area contributed by atoms with E-state index in [0.717, 1.165) is 68.9 Å². The number of ether oxygens (including phenoxy) is 1. The first-order valence-electron chi connectivity index (χ1n) is 10.8. The van der Waals surface area contributed by atoms with Crippen molar-refractivity contribution in [2.75, 3.05) is 19.7 Å². The van der Waals surface area contributed by atoms with Crippen LogP contribution in [-0.4, -0.2) is 46.5 Å². The molecule has 29 heavy (non-hydrogen) atoms. The molecular formula is C22H32N6O. The highest BCUT2D eigenvalue weighted by Gasteiger charge is 2.25. The van der Waals surface area contributed by atoms with Crippen LogP contribution in [0.4, 0.5) is 0 Å². The van der Waals surface area contributed by atoms with Crippen LogP contribution < -0.4 is 15.4 Å². The van der Waals surface area contributed by atoms with Crippen LogP contribution in [0.1, 0.15) is 62.7 Å². The maximum Gasteiger partial charge on any atom is 0.191 e. The van der Waals surface area contributed by atoms with E-state index in [2.05, 4.69) is 64.4 Å². The number of aromatic nitrogens is 3. The van der Waals surface area contributed by atoms with Gasteiger partial charge in [-0.1, -0.05) is 32.0 Å². The van der Waals surface area contributed by atoms with Gasteiger partial charge in [0.1, 0.15) is 17.4 Å². The monoisotopic (exact) mass is 396 g/mol. The van der Waals surface area contributed by atoms with Gasteiger partial charge in [-0.25, -0.2) is 0 Å². The summed E-state index contributed by atoms with van der Waals surface area (Å²) in [5.41, 5.74) is 1.27. The third-order valence-corrected chi connectivity index (χ3v) is 5.73. The van der Waals surface area contributed by atoms with Gasteiger partial charge in [-0.15, -0.1) is 10.2 Å². The minimum absolute atomic E-state index is 0.329. The standard InChI is InChI=1S/C22H32N6O/c1-4-23-22(24-13-16-11-12-29-19-8-6-5-7-18(16)19)25-17-9-10-20-26-27-21(15(2)3)28(20)14-17/h5-8,15-17H,4,9-14H2,1-3H3,(H2,23,24,25). The summed E-state index contributed by atoms with van der Waals surface area (Å²) in [6.07, 6.45) is 3.00. The molecule has 1 aromatic heterocycles. The predicted molar refractivity (Wildman–Crippen MR) is 115 cm³/mol. The molecule has 2 atom stereocenters. The third kappa shape index (κ3) is 4.38. The summed E-state index contributed by atoms with van der Waals surface area (Å²) < 4.78 is 8.07. The predicted octanol–water partition coefficient (Wildman–Crippen LogP) is 2.84. The summed E-state index contributed by atoms with van der Waals surface area (Å²) >= 11 is 0. The summed E-state index contributed by atoms with van der Waals surface area (Å²) in [4.78, 5) is 4.93. The smallest absolute Gasteiger partial charge is 0.191 e. The zero-order valence-corrected chi connectivity index (χ0v) is 17.7. The van der Waals surface area contributed by atoms with E-state index in [1.54, 1.807) is 0 Å². The number of para-hydroxylation sites is 1. The van der Waals surface area contributed by atoms with Crippen LogP contribution in [-0.2, 0) is 13.0 Å². The Hall–Kier alpha value is -2.57. The number of guanidine groups is 1. The van der Waals surface area contributed by atoms with Crippen LogP contribution in [0.3, 0.4) is 0 Å². The minimum atomic E-state index is 0.329. The van der Waals surface area contributed by atoms with Crippen molar-refractivity contribution in [1.82, 2.24) is 25.4 Å². The third-order valence-electron chi connectivity index (χ3n) is 5.73. The highest BCUT2D eigenvalue weighted by atomic mass is 16.5. The molecule has 0 bridgehead atoms. The molecule has 7 nitrogen and oxygen atoms in total. The van der Waals surface area contributed by atoms with Gasteiger partial charge in [-0.2, -0.15) is 0 Å². The van der Waals surface area contributed by atoms with Gasteiger partial charge in [0.15, 0.2) is 5.96 Å². The van der Waals surface area contributed by atoms with Crippen LogP contribution in [0.25, 0.3) is 0 Å². The lowest BCUT2D eigenvalue weighted by Crippen LogP contribution is -2.47. The van der Waals surface area contributed by atoms with E-state index in [0.29, 0.717) is 17.9 Å². The van der Waals surface area contributed by atoms with E-state index in [1.807, 2.05) is 6.07 Å². The normalized spacial score (nSPS) is 21.3. The Morgan fingerprint density at radius 3 is 2.97 bits per heavy atom. The molecule has 0 aliphatic carbocycles. The van der Waals surface area contributed by atoms with E-state index >= 15 is 0 Å². The number of hydrogen-bond donors (Lipinski definition) is 2. The minimum Gasteiger partial charge on any atom is -0.493 e. The summed E-state index contributed by atoms with van der Waals surface area (Å²) in [5, 5.41) is 15.8. The molecule has 156 valence electrons. The van der Waals surface area contributed by atoms with Crippen LogP contribution >= 0.6 is 0 Å². The van der Waals surface area contributed by atoms with Gasteiger partial charge in [-0.3, -0.25) is 4.99 Å². The van der Waals surface area contributed by atoms with E-state index in [-0.39, 0.29) is 0 Å². The molecule has 2 aliphatic heterocycles. The molecule has 2 N–H and O–H groups in total. The van der Waals surface area contributed by atoms with E-state index in [1.165, 1.54) is 5.56 Å². The first-order valence-corrected chi connectivity index (χ1v) is 10.8. The number of aryl methyl sites for hydroxylation is 1. The second-order valence-corrected chi connectivity index (χ2v) is 8.21. The lowest BCUT2D eigenvalue weighted by Gasteiger charge is -2.28. The molecule has 0 radical (unpaired) electrons. The van der Waals surface area contributed by atoms with Crippen LogP contribution in [0.2, 0.25) is 0 Å². The quantitative estimate of drug-likeness (QED) is 0.600. The molecule has 2 unspecified atom stereocenters. The van der Waals surface area contributed by atoms with Gasteiger partial charge >= 0.3 is 0 Å². The van der Waals surface area contributed by atoms with Gasteiger partial charge in [-0.05, 0) is 31.4 Å². The second-order valence-electron chi connectivity index (χ2n) is 8.21. The fourth-order valence-corrected chi connectivity index (χ4v) is 4.21. The van der Waals surface area contributed by atoms with Crippen molar-refractivity contribution in [2.45, 2.75) is 64.5 Å². The number of nitrogens with one attached hydrogen (secondary N) is 2. The summed E-state index contributed by atoms with van der Waals surface area (Å²) in [5.74, 6) is 4.86. The number of fused-ring (bicyclic) bond motifs is 2. The van der Waals surface area contributed by atoms with E-state index < -0.39 is 0 Å². The topological polar surface area (TPSA) is 76.4 Å². The van der Waals surface area contributed by atoms with Crippen molar-refractivity contribution in [3.8, 4) is 5.75 Å². The molecule has 7 heteroatoms. The average molecular weight is 397 g/mol. The van der Waals surface area contributed by atoms with Gasteiger partial charge in [0.25, 0.3) is 0 Å². The zero-order chi connectivity index (χ0) is 20.2. The molecule has 1 aromatic carbocycles. The molecule has 0 amide bonds. The Morgan fingerprint density at radius 1 is 1.28 bits per heavy atom. The van der Waals surface area contributed by atoms with Crippen molar-refractivity contribution < 1.29 is 4.74 Å². The number of hydrogen-bond acceptors (Lipinski definition) is 4.